The number of piperidine rings is 2. The van der Waals surface area contributed by atoms with E-state index in [0.29, 0.717) is 36.2 Å². The largest absolute Gasteiger partial charge is 0.497 e. The van der Waals surface area contributed by atoms with Crippen molar-refractivity contribution in [1.29, 1.82) is 0 Å². The van der Waals surface area contributed by atoms with Gasteiger partial charge in [0.25, 0.3) is 33.7 Å². The van der Waals surface area contributed by atoms with E-state index in [-0.39, 0.29) is 33.7 Å². The monoisotopic (exact) mass is 1070 g/mol. The molecule has 2 aliphatic heterocycles. The Bertz CT molecular complexity index is 2930. The van der Waals surface area contributed by atoms with Gasteiger partial charge in [-0.25, -0.2) is 40.9 Å². The number of hydrazine groups is 1. The number of nitrogens with one attached hydrogen (secondary N) is 1. The highest BCUT2D eigenvalue weighted by Gasteiger charge is 2.41. The molecule has 2 saturated heterocycles. The second-order valence-electron chi connectivity index (χ2n) is 16.8. The van der Waals surface area contributed by atoms with Gasteiger partial charge in [0.05, 0.1) is 63.1 Å². The van der Waals surface area contributed by atoms with E-state index in [0.717, 1.165) is 20.3 Å². The third-order valence-electron chi connectivity index (χ3n) is 12.0. The van der Waals surface area contributed by atoms with Crippen LogP contribution in [0.5, 0.6) is 23.0 Å². The third kappa shape index (κ3) is 12.2. The fourth-order valence-corrected chi connectivity index (χ4v) is 9.20. The maximum Gasteiger partial charge on any atom is 0.417 e. The maximum absolute atomic E-state index is 15.1. The zero-order valence-corrected chi connectivity index (χ0v) is 40.3. The number of halogens is 10. The summed E-state index contributed by atoms with van der Waals surface area (Å²) in [6, 6.07) is 9.55. The minimum absolute atomic E-state index is 0.0886. The van der Waals surface area contributed by atoms with E-state index in [9.17, 15) is 48.7 Å². The molecule has 0 atom stereocenters. The predicted octanol–water partition coefficient (Wildman–Crippen LogP) is 8.19. The molecule has 0 spiro atoms. The molecule has 74 heavy (non-hydrogen) atoms. The number of aromatic nitrogens is 4. The Balaban J connectivity index is 1.39. The summed E-state index contributed by atoms with van der Waals surface area (Å²) in [5.74, 6) is -10.9. The van der Waals surface area contributed by atoms with Gasteiger partial charge >= 0.3 is 12.4 Å². The summed E-state index contributed by atoms with van der Waals surface area (Å²) in [4.78, 5) is 47.4. The van der Waals surface area contributed by atoms with Crippen LogP contribution in [0.4, 0.5) is 61.4 Å². The Morgan fingerprint density at radius 2 is 1.09 bits per heavy atom. The lowest BCUT2D eigenvalue weighted by molar-refractivity contribution is -0.138. The van der Waals surface area contributed by atoms with Gasteiger partial charge in [0.2, 0.25) is 0 Å². The molecule has 0 radical (unpaired) electrons. The molecule has 2 aromatic carbocycles. The molecular weight excluding hydrogens is 1030 g/mol. The summed E-state index contributed by atoms with van der Waals surface area (Å²) >= 11 is 0. The van der Waals surface area contributed by atoms with Crippen molar-refractivity contribution in [2.24, 2.45) is 0 Å². The van der Waals surface area contributed by atoms with Gasteiger partial charge in [0.15, 0.2) is 10.8 Å². The van der Waals surface area contributed by atoms with Gasteiger partial charge in [-0.2, -0.15) is 35.7 Å². The third-order valence-corrected chi connectivity index (χ3v) is 13.6. The van der Waals surface area contributed by atoms with Crippen LogP contribution in [0.3, 0.4) is 0 Å². The van der Waals surface area contributed by atoms with Crippen LogP contribution in [-0.2, 0) is 35.5 Å². The van der Waals surface area contributed by atoms with Crippen LogP contribution in [0.1, 0.15) is 68.7 Å². The highest BCUT2D eigenvalue weighted by molar-refractivity contribution is 7.89. The number of hydrogen-bond acceptors (Lipinski definition) is 14. The van der Waals surface area contributed by atoms with E-state index in [1.165, 1.54) is 64.8 Å². The van der Waals surface area contributed by atoms with E-state index < -0.39 is 156 Å². The molecule has 0 unspecified atom stereocenters. The molecule has 2 amide bonds. The van der Waals surface area contributed by atoms with Crippen LogP contribution < -0.4 is 39.2 Å². The molecule has 7 rings (SSSR count). The summed E-state index contributed by atoms with van der Waals surface area (Å²) in [5, 5.41) is -0.885. The number of methoxy groups -OCH3 is 4. The zero-order chi connectivity index (χ0) is 54.0. The summed E-state index contributed by atoms with van der Waals surface area (Å²) in [7, 11) is 0.368. The van der Waals surface area contributed by atoms with Crippen molar-refractivity contribution in [3.05, 3.63) is 107 Å². The van der Waals surface area contributed by atoms with Gasteiger partial charge in [-0.1, -0.05) is 12.1 Å². The molecule has 398 valence electrons. The lowest BCUT2D eigenvalue weighted by atomic mass is 10.0. The molecule has 1 N–H and O–H groups in total. The number of carbonyl (C=O) groups excluding carboxylic acids is 2. The first-order chi connectivity index (χ1) is 34.8. The number of amides is 2. The van der Waals surface area contributed by atoms with Crippen LogP contribution in [0.15, 0.2) is 78.3 Å². The second-order valence-corrected chi connectivity index (χ2v) is 18.7. The topological polar surface area (TPSA) is 182 Å². The zero-order valence-electron chi connectivity index (χ0n) is 39.5. The number of nitrogens with zero attached hydrogens (tertiary/aromatic N) is 8. The number of pyridine rings is 2. The van der Waals surface area contributed by atoms with E-state index >= 15 is 13.2 Å². The molecule has 0 aliphatic carbocycles. The Hall–Kier alpha value is -7.23. The number of ether oxygens (including phenoxy) is 4. The SMILES string of the molecule is COc1ccc(CN(Cc2ccc(OC)cc2OC)S(=O)(=O)c2cncc(N(NC(=O)c3cc(C(F)(F)F)cnc3N3CCC(F)(F)CC3)C(=O)c3cc(C(F)(F)F)cnc3N3CCC(F)(F)CC3)n2)c(OC)c1. The standard InChI is InChI=1S/C46H45F10N9O8S/c1-70-31-7-5-27(35(19-31)72-3)25-64(26-28-6-8-32(71-2)20-36(28)73-4)74(68,69)38-24-57-23-37(60-38)65(42(67)34-18-30(46(54,55)56)22-59-40(34)63-15-11-44(49,50)12-16-63)61-41(66)33-17-29(45(51,52)53)21-58-39(33)62-13-9-43(47,48)10-14-62/h5-8,17-24H,9-16,25-26H2,1-4H3,(H,61,66). The first kappa shape index (κ1) is 54.5. The lowest BCUT2D eigenvalue weighted by Crippen LogP contribution is -2.49. The summed E-state index contributed by atoms with van der Waals surface area (Å²) in [6.07, 6.45) is -11.6. The van der Waals surface area contributed by atoms with Crippen molar-refractivity contribution in [1.82, 2.24) is 29.7 Å². The van der Waals surface area contributed by atoms with Crippen molar-refractivity contribution in [3.8, 4) is 23.0 Å². The Morgan fingerprint density at radius 1 is 0.649 bits per heavy atom. The Kier molecular flexibility index (Phi) is 15.7. The molecule has 2 fully saturated rings. The van der Waals surface area contributed by atoms with Gasteiger partial charge in [-0.15, -0.1) is 0 Å². The first-order valence-electron chi connectivity index (χ1n) is 22.1. The predicted molar refractivity (Wildman–Crippen MR) is 243 cm³/mol. The molecule has 5 aromatic rings. The summed E-state index contributed by atoms with van der Waals surface area (Å²) < 4.78 is 196. The normalized spacial score (nSPS) is 15.9. The average Bonchev–Trinajstić information content (AvgIpc) is 3.36. The highest BCUT2D eigenvalue weighted by atomic mass is 32.2. The minimum atomic E-state index is -5.20. The van der Waals surface area contributed by atoms with Crippen molar-refractivity contribution in [2.75, 3.05) is 69.4 Å². The first-order valence-corrected chi connectivity index (χ1v) is 23.5. The van der Waals surface area contributed by atoms with Crippen molar-refractivity contribution in [3.63, 3.8) is 0 Å². The molecule has 3 aromatic heterocycles. The van der Waals surface area contributed by atoms with E-state index in [4.69, 9.17) is 18.9 Å². The van der Waals surface area contributed by atoms with Gasteiger partial charge in [0.1, 0.15) is 34.6 Å². The number of benzene rings is 2. The smallest absolute Gasteiger partial charge is 0.417 e. The number of alkyl halides is 10. The minimum Gasteiger partial charge on any atom is -0.497 e. The molecule has 2 aliphatic rings. The summed E-state index contributed by atoms with van der Waals surface area (Å²) in [6.45, 7) is -3.11. The van der Waals surface area contributed by atoms with E-state index in [1.54, 1.807) is 0 Å². The number of hydrogen-bond donors (Lipinski definition) is 1. The number of rotatable bonds is 15. The lowest BCUT2D eigenvalue weighted by Gasteiger charge is -2.34. The average molecular weight is 1070 g/mol. The van der Waals surface area contributed by atoms with E-state index in [1.807, 2.05) is 5.43 Å². The highest BCUT2D eigenvalue weighted by Crippen LogP contribution is 2.38. The van der Waals surface area contributed by atoms with Crippen LogP contribution >= 0.6 is 0 Å². The van der Waals surface area contributed by atoms with Gasteiger partial charge in [0, 0.05) is 101 Å². The number of carbonyl (C=O) groups is 2. The van der Waals surface area contributed by atoms with Crippen LogP contribution in [0.2, 0.25) is 0 Å². The van der Waals surface area contributed by atoms with Crippen molar-refractivity contribution >= 4 is 39.3 Å². The van der Waals surface area contributed by atoms with Gasteiger partial charge in [-0.3, -0.25) is 20.0 Å². The van der Waals surface area contributed by atoms with Crippen molar-refractivity contribution in [2.45, 2.75) is 68.0 Å². The molecule has 17 nitrogen and oxygen atoms in total. The number of sulfonamides is 1. The van der Waals surface area contributed by atoms with Gasteiger partial charge < -0.3 is 28.7 Å². The Morgan fingerprint density at radius 3 is 1.53 bits per heavy atom. The van der Waals surface area contributed by atoms with E-state index in [2.05, 4.69) is 19.9 Å². The maximum atomic E-state index is 15.1. The molecule has 5 heterocycles. The fourth-order valence-electron chi connectivity index (χ4n) is 7.91. The van der Waals surface area contributed by atoms with Crippen LogP contribution in [0.25, 0.3) is 0 Å². The Labute approximate surface area is 416 Å². The summed E-state index contributed by atoms with van der Waals surface area (Å²) in [5.41, 5.74) is -2.54. The number of anilines is 3. The molecule has 0 bridgehead atoms. The van der Waals surface area contributed by atoms with Crippen LogP contribution in [0, 0.1) is 0 Å². The molecule has 28 heteroatoms. The second kappa shape index (κ2) is 21.3. The fraction of sp³-hybridized carbons (Fsp3) is 0.391. The molecular formula is C46H45F10N9O8S. The van der Waals surface area contributed by atoms with Crippen LogP contribution in [-0.4, -0.2) is 111 Å². The molecule has 0 saturated carbocycles. The quantitative estimate of drug-likeness (QED) is 0.0783. The van der Waals surface area contributed by atoms with Crippen molar-refractivity contribution < 1.29 is 80.9 Å². The van der Waals surface area contributed by atoms with Gasteiger partial charge in [-0.05, 0) is 24.3 Å².